The van der Waals surface area contributed by atoms with Gasteiger partial charge in [-0.2, -0.15) is 4.98 Å². The standard InChI is InChI=1S/C34H38N10O2/c1-23-19-27(3-4-30(23)43-11-9-36-10-12-43)40-34-38-21-26-20-28(29-22-37-31(39-24(29)2)25-5-7-35-8-6-25)33(45)44(32(26)41-34)14-13-42-15-17-46-18-16-42/h3-8,19-22,36H,9-18H2,1-2H3,(H,38,40,41). The summed E-state index contributed by atoms with van der Waals surface area (Å²) in [4.78, 5) is 41.9. The van der Waals surface area contributed by atoms with Gasteiger partial charge in [-0.05, 0) is 55.8 Å². The summed E-state index contributed by atoms with van der Waals surface area (Å²) in [6, 6.07) is 11.9. The third-order valence-corrected chi connectivity index (χ3v) is 8.69. The lowest BCUT2D eigenvalue weighted by Gasteiger charge is -2.30. The molecule has 0 atom stereocenters. The number of nitrogens with zero attached hydrogens (tertiary/aromatic N) is 8. The van der Waals surface area contributed by atoms with E-state index in [1.807, 2.05) is 25.1 Å². The number of aryl methyl sites for hydroxylation is 2. The van der Waals surface area contributed by atoms with Gasteiger partial charge in [0.05, 0.1) is 18.8 Å². The van der Waals surface area contributed by atoms with E-state index in [0.717, 1.165) is 61.6 Å². The van der Waals surface area contributed by atoms with E-state index in [1.165, 1.54) is 11.3 Å². The molecule has 0 radical (unpaired) electrons. The second kappa shape index (κ2) is 13.3. The van der Waals surface area contributed by atoms with E-state index in [0.29, 0.717) is 54.9 Å². The molecule has 4 aromatic heterocycles. The molecule has 0 saturated carbocycles. The number of fused-ring (bicyclic) bond motifs is 1. The summed E-state index contributed by atoms with van der Waals surface area (Å²) in [7, 11) is 0. The quantitative estimate of drug-likeness (QED) is 0.266. The third kappa shape index (κ3) is 6.32. The van der Waals surface area contributed by atoms with Gasteiger partial charge < -0.3 is 20.3 Å². The van der Waals surface area contributed by atoms with Crippen LogP contribution in [0.2, 0.25) is 0 Å². The van der Waals surface area contributed by atoms with Crippen LogP contribution in [-0.4, -0.2) is 93.4 Å². The Bertz CT molecular complexity index is 1900. The van der Waals surface area contributed by atoms with Crippen molar-refractivity contribution in [3.05, 3.63) is 82.8 Å². The van der Waals surface area contributed by atoms with Crippen molar-refractivity contribution in [3.8, 4) is 22.5 Å². The van der Waals surface area contributed by atoms with E-state index in [1.54, 1.807) is 29.4 Å². The van der Waals surface area contributed by atoms with Crippen molar-refractivity contribution in [1.82, 2.24) is 39.7 Å². The first kappa shape index (κ1) is 29.9. The lowest BCUT2D eigenvalue weighted by Crippen LogP contribution is -2.43. The maximum atomic E-state index is 14.2. The highest BCUT2D eigenvalue weighted by Crippen LogP contribution is 2.27. The Morgan fingerprint density at radius 2 is 1.70 bits per heavy atom. The van der Waals surface area contributed by atoms with E-state index < -0.39 is 0 Å². The van der Waals surface area contributed by atoms with Crippen molar-refractivity contribution in [2.45, 2.75) is 20.4 Å². The van der Waals surface area contributed by atoms with Crippen molar-refractivity contribution in [1.29, 1.82) is 0 Å². The van der Waals surface area contributed by atoms with Crippen LogP contribution in [0.3, 0.4) is 0 Å². The summed E-state index contributed by atoms with van der Waals surface area (Å²) in [5.41, 5.74) is 6.58. The summed E-state index contributed by atoms with van der Waals surface area (Å²) in [5.74, 6) is 1.03. The number of nitrogens with one attached hydrogen (secondary N) is 2. The van der Waals surface area contributed by atoms with Gasteiger partial charge in [0, 0.05) is 111 Å². The van der Waals surface area contributed by atoms with Crippen LogP contribution < -0.4 is 21.1 Å². The van der Waals surface area contributed by atoms with Gasteiger partial charge in [-0.15, -0.1) is 0 Å². The Labute approximate surface area is 267 Å². The topological polar surface area (TPSA) is 126 Å². The van der Waals surface area contributed by atoms with Crippen molar-refractivity contribution >= 4 is 28.4 Å². The first-order valence-corrected chi connectivity index (χ1v) is 15.8. The lowest BCUT2D eigenvalue weighted by molar-refractivity contribution is 0.0364. The van der Waals surface area contributed by atoms with Crippen LogP contribution in [0.1, 0.15) is 11.3 Å². The van der Waals surface area contributed by atoms with Crippen LogP contribution >= 0.6 is 0 Å². The number of pyridine rings is 2. The molecule has 0 spiro atoms. The molecule has 0 aliphatic carbocycles. The Kier molecular flexibility index (Phi) is 8.64. The zero-order chi connectivity index (χ0) is 31.5. The molecule has 2 saturated heterocycles. The van der Waals surface area contributed by atoms with E-state index in [2.05, 4.69) is 60.5 Å². The molecule has 2 N–H and O–H groups in total. The minimum atomic E-state index is -0.134. The van der Waals surface area contributed by atoms with Crippen LogP contribution in [0.25, 0.3) is 33.5 Å². The zero-order valence-corrected chi connectivity index (χ0v) is 26.2. The molecule has 0 amide bonds. The molecule has 5 aromatic rings. The molecule has 0 bridgehead atoms. The molecule has 2 aliphatic heterocycles. The zero-order valence-electron chi connectivity index (χ0n) is 26.2. The first-order chi connectivity index (χ1) is 22.5. The molecule has 236 valence electrons. The van der Waals surface area contributed by atoms with Crippen molar-refractivity contribution in [2.75, 3.05) is 69.2 Å². The summed E-state index contributed by atoms with van der Waals surface area (Å²) < 4.78 is 7.30. The third-order valence-electron chi connectivity index (χ3n) is 8.69. The van der Waals surface area contributed by atoms with Crippen LogP contribution in [0.4, 0.5) is 17.3 Å². The Hall–Kier alpha value is -4.78. The van der Waals surface area contributed by atoms with Gasteiger partial charge in [0.15, 0.2) is 5.82 Å². The highest BCUT2D eigenvalue weighted by atomic mass is 16.5. The number of rotatable bonds is 8. The fourth-order valence-corrected chi connectivity index (χ4v) is 6.18. The normalized spacial score (nSPS) is 15.7. The van der Waals surface area contributed by atoms with E-state index in [9.17, 15) is 4.79 Å². The maximum absolute atomic E-state index is 14.2. The van der Waals surface area contributed by atoms with Crippen molar-refractivity contribution < 1.29 is 4.74 Å². The van der Waals surface area contributed by atoms with Crippen LogP contribution in [0.15, 0.2) is 66.0 Å². The number of benzene rings is 1. The minimum Gasteiger partial charge on any atom is -0.379 e. The number of hydrogen-bond donors (Lipinski definition) is 2. The Morgan fingerprint density at radius 1 is 0.891 bits per heavy atom. The van der Waals surface area contributed by atoms with Crippen LogP contribution in [-0.2, 0) is 11.3 Å². The highest BCUT2D eigenvalue weighted by molar-refractivity contribution is 5.82. The summed E-state index contributed by atoms with van der Waals surface area (Å²) in [6.07, 6.45) is 6.94. The fraction of sp³-hybridized carbons (Fsp3) is 0.353. The average Bonchev–Trinajstić information content (AvgIpc) is 3.09. The number of aromatic nitrogens is 6. The van der Waals surface area contributed by atoms with E-state index >= 15 is 0 Å². The van der Waals surface area contributed by atoms with Gasteiger partial charge in [0.1, 0.15) is 5.65 Å². The molecule has 12 heteroatoms. The van der Waals surface area contributed by atoms with Gasteiger partial charge in [-0.3, -0.25) is 19.2 Å². The van der Waals surface area contributed by atoms with Gasteiger partial charge in [-0.25, -0.2) is 15.0 Å². The summed E-state index contributed by atoms with van der Waals surface area (Å²) in [6.45, 7) is 12.2. The van der Waals surface area contributed by atoms with Crippen molar-refractivity contribution in [3.63, 3.8) is 0 Å². The summed E-state index contributed by atoms with van der Waals surface area (Å²) >= 11 is 0. The molecule has 2 aliphatic rings. The molecular weight excluding hydrogens is 580 g/mol. The molecule has 0 unspecified atom stereocenters. The second-order valence-corrected chi connectivity index (χ2v) is 11.7. The van der Waals surface area contributed by atoms with Gasteiger partial charge in [0.25, 0.3) is 5.56 Å². The first-order valence-electron chi connectivity index (χ1n) is 15.8. The van der Waals surface area contributed by atoms with Gasteiger partial charge in [-0.1, -0.05) is 0 Å². The number of piperazine rings is 1. The average molecular weight is 619 g/mol. The molecule has 12 nitrogen and oxygen atoms in total. The largest absolute Gasteiger partial charge is 0.379 e. The lowest BCUT2D eigenvalue weighted by atomic mass is 10.1. The monoisotopic (exact) mass is 618 g/mol. The minimum absolute atomic E-state index is 0.134. The molecule has 6 heterocycles. The highest BCUT2D eigenvalue weighted by Gasteiger charge is 2.19. The van der Waals surface area contributed by atoms with Gasteiger partial charge >= 0.3 is 0 Å². The number of anilines is 3. The fourth-order valence-electron chi connectivity index (χ4n) is 6.18. The smallest absolute Gasteiger partial charge is 0.260 e. The Morgan fingerprint density at radius 3 is 2.46 bits per heavy atom. The SMILES string of the molecule is Cc1cc(Nc2ncc3cc(-c4cnc(-c5ccncc5)nc4C)c(=O)n(CCN4CCOCC4)c3n2)ccc1N1CCNCC1. The Balaban J connectivity index is 1.23. The maximum Gasteiger partial charge on any atom is 0.260 e. The number of morpholine rings is 1. The molecular formula is C34H38N10O2. The molecule has 2 fully saturated rings. The summed E-state index contributed by atoms with van der Waals surface area (Å²) in [5, 5.41) is 7.56. The van der Waals surface area contributed by atoms with Gasteiger partial charge in [0.2, 0.25) is 5.95 Å². The number of ether oxygens (including phenoxy) is 1. The molecule has 7 rings (SSSR count). The van der Waals surface area contributed by atoms with E-state index in [-0.39, 0.29) is 5.56 Å². The molecule has 1 aromatic carbocycles. The van der Waals surface area contributed by atoms with Crippen LogP contribution in [0, 0.1) is 13.8 Å². The van der Waals surface area contributed by atoms with Crippen LogP contribution in [0.5, 0.6) is 0 Å². The van der Waals surface area contributed by atoms with E-state index in [4.69, 9.17) is 14.7 Å². The molecule has 46 heavy (non-hydrogen) atoms. The number of hydrogen-bond acceptors (Lipinski definition) is 11. The predicted molar refractivity (Wildman–Crippen MR) is 180 cm³/mol. The van der Waals surface area contributed by atoms with Crippen molar-refractivity contribution in [2.24, 2.45) is 0 Å². The predicted octanol–water partition coefficient (Wildman–Crippen LogP) is 3.41. The second-order valence-electron chi connectivity index (χ2n) is 11.7.